The molecule has 3 rings (SSSR count). The molecule has 0 bridgehead atoms. The zero-order valence-corrected chi connectivity index (χ0v) is 13.8. The second-order valence-corrected chi connectivity index (χ2v) is 5.67. The molecule has 5 nitrogen and oxygen atoms in total. The topological polar surface area (TPSA) is 89.3 Å². The molecule has 0 radical (unpaired) electrons. The van der Waals surface area contributed by atoms with Gasteiger partial charge >= 0.3 is 0 Å². The number of hydrogen-bond donors (Lipinski definition) is 2. The molecule has 0 heterocycles. The van der Waals surface area contributed by atoms with Gasteiger partial charge in [-0.1, -0.05) is 42.5 Å². The number of carbonyl (C=O) groups is 3. The van der Waals surface area contributed by atoms with E-state index in [1.807, 2.05) is 6.07 Å². The Labute approximate surface area is 150 Å². The zero-order chi connectivity index (χ0) is 18.5. The van der Waals surface area contributed by atoms with Crippen molar-refractivity contribution < 1.29 is 14.4 Å². The van der Waals surface area contributed by atoms with Gasteiger partial charge in [0.05, 0.1) is 0 Å². The molecule has 0 saturated carbocycles. The van der Waals surface area contributed by atoms with E-state index in [-0.39, 0.29) is 11.7 Å². The third kappa shape index (κ3) is 3.84. The predicted molar refractivity (Wildman–Crippen MR) is 99.2 cm³/mol. The first-order valence-electron chi connectivity index (χ1n) is 7.95. The maximum Gasteiger partial charge on any atom is 0.255 e. The highest BCUT2D eigenvalue weighted by molar-refractivity contribution is 6.10. The third-order valence-electron chi connectivity index (χ3n) is 3.87. The van der Waals surface area contributed by atoms with Crippen LogP contribution in [0.3, 0.4) is 0 Å². The molecule has 3 aromatic rings. The Morgan fingerprint density at radius 1 is 0.615 bits per heavy atom. The number of rotatable bonds is 5. The molecule has 0 aliphatic carbocycles. The van der Waals surface area contributed by atoms with Crippen molar-refractivity contribution in [2.24, 2.45) is 5.73 Å². The van der Waals surface area contributed by atoms with Gasteiger partial charge in [-0.05, 0) is 36.4 Å². The molecule has 2 amide bonds. The summed E-state index contributed by atoms with van der Waals surface area (Å²) in [7, 11) is 0. The smallest absolute Gasteiger partial charge is 0.255 e. The summed E-state index contributed by atoms with van der Waals surface area (Å²) in [5, 5.41) is 2.73. The van der Waals surface area contributed by atoms with Gasteiger partial charge in [0.2, 0.25) is 5.91 Å². The fourth-order valence-electron chi connectivity index (χ4n) is 2.45. The molecule has 0 aromatic heterocycles. The van der Waals surface area contributed by atoms with Crippen molar-refractivity contribution in [1.29, 1.82) is 0 Å². The van der Waals surface area contributed by atoms with E-state index in [4.69, 9.17) is 5.73 Å². The third-order valence-corrected chi connectivity index (χ3v) is 3.87. The molecule has 0 atom stereocenters. The number of hydrogen-bond acceptors (Lipinski definition) is 3. The molecular formula is C21H16N2O3. The van der Waals surface area contributed by atoms with Crippen molar-refractivity contribution in [3.05, 3.63) is 101 Å². The Kier molecular flexibility index (Phi) is 4.90. The predicted octanol–water partition coefficient (Wildman–Crippen LogP) is 3.27. The number of nitrogens with two attached hydrogens (primary N) is 1. The van der Waals surface area contributed by atoms with Gasteiger partial charge in [0.25, 0.3) is 5.91 Å². The second kappa shape index (κ2) is 7.44. The second-order valence-electron chi connectivity index (χ2n) is 5.67. The van der Waals surface area contributed by atoms with Crippen LogP contribution in [-0.2, 0) is 0 Å². The van der Waals surface area contributed by atoms with Crippen molar-refractivity contribution >= 4 is 23.3 Å². The first-order valence-corrected chi connectivity index (χ1v) is 7.95. The van der Waals surface area contributed by atoms with E-state index in [0.717, 1.165) is 0 Å². The normalized spacial score (nSPS) is 10.2. The molecule has 0 fully saturated rings. The summed E-state index contributed by atoms with van der Waals surface area (Å²) in [5.74, 6) is -0.934. The SMILES string of the molecule is NC(=O)c1ccc(NC(=O)c2ccc(C(=O)c3ccccc3)cc2)cc1. The molecule has 26 heavy (non-hydrogen) atoms. The van der Waals surface area contributed by atoms with Crippen LogP contribution in [0.5, 0.6) is 0 Å². The molecular weight excluding hydrogens is 328 g/mol. The number of nitrogens with one attached hydrogen (secondary N) is 1. The van der Waals surface area contributed by atoms with Crippen LogP contribution in [0.4, 0.5) is 5.69 Å². The number of amides is 2. The monoisotopic (exact) mass is 344 g/mol. The summed E-state index contributed by atoms with van der Waals surface area (Å²) in [6, 6.07) is 21.7. The van der Waals surface area contributed by atoms with Gasteiger partial charge in [-0.15, -0.1) is 0 Å². The minimum Gasteiger partial charge on any atom is -0.366 e. The van der Waals surface area contributed by atoms with Gasteiger partial charge in [-0.2, -0.15) is 0 Å². The lowest BCUT2D eigenvalue weighted by molar-refractivity contribution is 0.0997. The number of anilines is 1. The van der Waals surface area contributed by atoms with E-state index >= 15 is 0 Å². The van der Waals surface area contributed by atoms with Crippen LogP contribution in [-0.4, -0.2) is 17.6 Å². The molecule has 0 spiro atoms. The highest BCUT2D eigenvalue weighted by atomic mass is 16.2. The molecule has 0 unspecified atom stereocenters. The van der Waals surface area contributed by atoms with Crippen LogP contribution in [0.1, 0.15) is 36.6 Å². The standard InChI is InChI=1S/C21H16N2O3/c22-20(25)16-10-12-18(13-11-16)23-21(26)17-8-6-15(7-9-17)19(24)14-4-2-1-3-5-14/h1-13H,(H2,22,25)(H,23,26). The van der Waals surface area contributed by atoms with E-state index in [9.17, 15) is 14.4 Å². The minimum atomic E-state index is -0.526. The number of primary amides is 1. The lowest BCUT2D eigenvalue weighted by Crippen LogP contribution is -2.13. The lowest BCUT2D eigenvalue weighted by Gasteiger charge is -2.07. The average Bonchev–Trinajstić information content (AvgIpc) is 2.68. The van der Waals surface area contributed by atoms with E-state index < -0.39 is 5.91 Å². The molecule has 3 aromatic carbocycles. The van der Waals surface area contributed by atoms with Gasteiger partial charge in [-0.25, -0.2) is 0 Å². The summed E-state index contributed by atoms with van der Waals surface area (Å²) in [6.07, 6.45) is 0. The van der Waals surface area contributed by atoms with Crippen LogP contribution in [0.15, 0.2) is 78.9 Å². The Morgan fingerprint density at radius 2 is 1.12 bits per heavy atom. The summed E-state index contributed by atoms with van der Waals surface area (Å²) in [4.78, 5) is 35.7. The van der Waals surface area contributed by atoms with Crippen LogP contribution in [0, 0.1) is 0 Å². The number of ketones is 1. The van der Waals surface area contributed by atoms with Gasteiger partial charge in [0.1, 0.15) is 0 Å². The van der Waals surface area contributed by atoms with Crippen LogP contribution in [0.25, 0.3) is 0 Å². The highest BCUT2D eigenvalue weighted by Crippen LogP contribution is 2.14. The minimum absolute atomic E-state index is 0.0976. The van der Waals surface area contributed by atoms with E-state index in [2.05, 4.69) is 5.32 Å². The molecule has 0 saturated heterocycles. The van der Waals surface area contributed by atoms with Crippen molar-refractivity contribution in [1.82, 2.24) is 0 Å². The maximum atomic E-state index is 12.4. The van der Waals surface area contributed by atoms with Crippen molar-refractivity contribution in [2.75, 3.05) is 5.32 Å². The van der Waals surface area contributed by atoms with Crippen molar-refractivity contribution in [2.45, 2.75) is 0 Å². The molecule has 128 valence electrons. The molecule has 5 heteroatoms. The van der Waals surface area contributed by atoms with Crippen molar-refractivity contribution in [3.63, 3.8) is 0 Å². The Morgan fingerprint density at radius 3 is 1.69 bits per heavy atom. The Balaban J connectivity index is 1.71. The van der Waals surface area contributed by atoms with Gasteiger partial charge in [0.15, 0.2) is 5.78 Å². The van der Waals surface area contributed by atoms with E-state index in [1.54, 1.807) is 72.8 Å². The van der Waals surface area contributed by atoms with Crippen LogP contribution < -0.4 is 11.1 Å². The van der Waals surface area contributed by atoms with Gasteiger partial charge < -0.3 is 11.1 Å². The van der Waals surface area contributed by atoms with Crippen LogP contribution >= 0.6 is 0 Å². The lowest BCUT2D eigenvalue weighted by atomic mass is 10.0. The molecule has 0 aliphatic rings. The summed E-state index contributed by atoms with van der Waals surface area (Å²) in [6.45, 7) is 0. The van der Waals surface area contributed by atoms with E-state index in [0.29, 0.717) is 27.9 Å². The molecule has 0 aliphatic heterocycles. The Bertz CT molecular complexity index is 947. The zero-order valence-electron chi connectivity index (χ0n) is 13.8. The van der Waals surface area contributed by atoms with Crippen LogP contribution in [0.2, 0.25) is 0 Å². The first-order chi connectivity index (χ1) is 12.5. The largest absolute Gasteiger partial charge is 0.366 e. The quantitative estimate of drug-likeness (QED) is 0.696. The maximum absolute atomic E-state index is 12.4. The van der Waals surface area contributed by atoms with Gasteiger partial charge in [0, 0.05) is 27.9 Å². The van der Waals surface area contributed by atoms with E-state index in [1.165, 1.54) is 0 Å². The summed E-state index contributed by atoms with van der Waals surface area (Å²) >= 11 is 0. The fraction of sp³-hybridized carbons (Fsp3) is 0. The average molecular weight is 344 g/mol. The fourth-order valence-corrected chi connectivity index (χ4v) is 2.45. The number of benzene rings is 3. The van der Waals surface area contributed by atoms with Gasteiger partial charge in [-0.3, -0.25) is 14.4 Å². The molecule has 3 N–H and O–H groups in total. The Hall–Kier alpha value is -3.73. The number of carbonyl (C=O) groups excluding carboxylic acids is 3. The summed E-state index contributed by atoms with van der Waals surface area (Å²) in [5.41, 5.74) is 7.63. The van der Waals surface area contributed by atoms with Crippen molar-refractivity contribution in [3.8, 4) is 0 Å². The highest BCUT2D eigenvalue weighted by Gasteiger charge is 2.11. The first kappa shape index (κ1) is 17.1. The summed E-state index contributed by atoms with van der Waals surface area (Å²) < 4.78 is 0.